The second-order valence-electron chi connectivity index (χ2n) is 4.54. The minimum absolute atomic E-state index is 0. The second kappa shape index (κ2) is 6.44. The molecule has 7 nitrogen and oxygen atoms in total. The first kappa shape index (κ1) is 14.4. The number of halogens is 1. The molecule has 1 aliphatic rings. The molecule has 0 bridgehead atoms. The van der Waals surface area contributed by atoms with E-state index in [1.165, 1.54) is 11.0 Å². The Hall–Kier alpha value is -1.99. The van der Waals surface area contributed by atoms with Gasteiger partial charge in [0.2, 0.25) is 0 Å². The van der Waals surface area contributed by atoms with Crippen molar-refractivity contribution in [3.63, 3.8) is 0 Å². The van der Waals surface area contributed by atoms with Crippen molar-refractivity contribution in [1.29, 1.82) is 0 Å². The molecule has 1 amide bonds. The van der Waals surface area contributed by atoms with Crippen LogP contribution in [0.1, 0.15) is 10.4 Å². The van der Waals surface area contributed by atoms with E-state index in [4.69, 9.17) is 0 Å². The number of amides is 1. The highest BCUT2D eigenvalue weighted by Crippen LogP contribution is 2.09. The minimum atomic E-state index is -0.0678. The summed E-state index contributed by atoms with van der Waals surface area (Å²) in [5.74, 6) is 0.480. The van der Waals surface area contributed by atoms with Crippen LogP contribution >= 0.6 is 12.4 Å². The molecule has 2 heterocycles. The Morgan fingerprint density at radius 2 is 2.30 bits per heavy atom. The van der Waals surface area contributed by atoms with E-state index in [1.54, 1.807) is 12.1 Å². The first-order valence-corrected chi connectivity index (χ1v) is 6.15. The molecular weight excluding hydrogens is 280 g/mol. The summed E-state index contributed by atoms with van der Waals surface area (Å²) in [4.78, 5) is 12.0. The maximum absolute atomic E-state index is 12.0. The zero-order valence-corrected chi connectivity index (χ0v) is 11.5. The summed E-state index contributed by atoms with van der Waals surface area (Å²) in [5, 5.41) is 17.1. The third kappa shape index (κ3) is 3.12. The molecule has 0 aliphatic carbocycles. The van der Waals surface area contributed by atoms with Crippen LogP contribution in [0.15, 0.2) is 30.6 Å². The summed E-state index contributed by atoms with van der Waals surface area (Å²) in [7, 11) is 0. The topological polar surface area (TPSA) is 84.7 Å². The number of hydrogen-bond acceptors (Lipinski definition) is 5. The molecular formula is C12H15ClN6O. The zero-order valence-electron chi connectivity index (χ0n) is 10.7. The summed E-state index contributed by atoms with van der Waals surface area (Å²) < 4.78 is 1.52. The maximum Gasteiger partial charge on any atom is 0.251 e. The Morgan fingerprint density at radius 3 is 2.95 bits per heavy atom. The van der Waals surface area contributed by atoms with Crippen LogP contribution in [0.5, 0.6) is 0 Å². The van der Waals surface area contributed by atoms with E-state index in [9.17, 15) is 4.79 Å². The van der Waals surface area contributed by atoms with Gasteiger partial charge in [0.15, 0.2) is 0 Å². The first-order valence-electron chi connectivity index (χ1n) is 6.15. The zero-order chi connectivity index (χ0) is 13.1. The van der Waals surface area contributed by atoms with Gasteiger partial charge in [-0.2, -0.15) is 0 Å². The van der Waals surface area contributed by atoms with Gasteiger partial charge in [-0.1, -0.05) is 6.07 Å². The van der Waals surface area contributed by atoms with Crippen molar-refractivity contribution in [3.8, 4) is 5.69 Å². The van der Waals surface area contributed by atoms with Crippen molar-refractivity contribution in [1.82, 2.24) is 30.8 Å². The van der Waals surface area contributed by atoms with E-state index >= 15 is 0 Å². The lowest BCUT2D eigenvalue weighted by Gasteiger charge is -2.27. The molecule has 106 valence electrons. The Bertz CT molecular complexity index is 569. The maximum atomic E-state index is 12.0. The van der Waals surface area contributed by atoms with E-state index in [1.807, 2.05) is 12.1 Å². The predicted molar refractivity (Wildman–Crippen MR) is 75.1 cm³/mol. The number of aromatic nitrogens is 4. The molecule has 1 aromatic heterocycles. The van der Waals surface area contributed by atoms with Crippen molar-refractivity contribution in [2.24, 2.45) is 5.92 Å². The lowest BCUT2D eigenvalue weighted by Crippen LogP contribution is -2.48. The number of benzene rings is 1. The molecule has 8 heteroatoms. The fourth-order valence-corrected chi connectivity index (χ4v) is 1.90. The number of nitrogens with one attached hydrogen (secondary N) is 2. The minimum Gasteiger partial charge on any atom is -0.352 e. The molecule has 2 aromatic rings. The highest BCUT2D eigenvalue weighted by molar-refractivity contribution is 5.94. The molecule has 1 saturated heterocycles. The van der Waals surface area contributed by atoms with E-state index in [-0.39, 0.29) is 18.3 Å². The third-order valence-electron chi connectivity index (χ3n) is 3.14. The van der Waals surface area contributed by atoms with Crippen LogP contribution in [0.3, 0.4) is 0 Å². The van der Waals surface area contributed by atoms with Gasteiger partial charge < -0.3 is 10.6 Å². The van der Waals surface area contributed by atoms with Gasteiger partial charge in [-0.3, -0.25) is 4.79 Å². The average Bonchev–Trinajstić information content (AvgIpc) is 2.91. The Morgan fingerprint density at radius 1 is 1.45 bits per heavy atom. The number of nitrogens with zero attached hydrogens (tertiary/aromatic N) is 4. The standard InChI is InChI=1S/C12H14N6O.ClH/c19-12(14-7-9-5-13-6-9)10-2-1-3-11(4-10)18-8-15-16-17-18;/h1-4,8-9,13H,5-7H2,(H,14,19);1H. The van der Waals surface area contributed by atoms with Gasteiger partial charge in [0.05, 0.1) is 5.69 Å². The Balaban J connectivity index is 0.00000147. The molecule has 0 saturated carbocycles. The van der Waals surface area contributed by atoms with Crippen LogP contribution in [0, 0.1) is 5.92 Å². The lowest BCUT2D eigenvalue weighted by molar-refractivity contribution is 0.0942. The lowest BCUT2D eigenvalue weighted by atomic mass is 10.0. The summed E-state index contributed by atoms with van der Waals surface area (Å²) in [5.41, 5.74) is 1.38. The van der Waals surface area contributed by atoms with Crippen molar-refractivity contribution < 1.29 is 4.79 Å². The van der Waals surface area contributed by atoms with E-state index in [0.29, 0.717) is 18.0 Å². The molecule has 1 fully saturated rings. The summed E-state index contributed by atoms with van der Waals surface area (Å²) in [6.45, 7) is 2.66. The van der Waals surface area contributed by atoms with E-state index in [0.717, 1.165) is 18.8 Å². The third-order valence-corrected chi connectivity index (χ3v) is 3.14. The van der Waals surface area contributed by atoms with E-state index < -0.39 is 0 Å². The molecule has 0 atom stereocenters. The molecule has 0 radical (unpaired) electrons. The monoisotopic (exact) mass is 294 g/mol. The molecule has 1 aromatic carbocycles. The van der Waals surface area contributed by atoms with Crippen LogP contribution in [0.4, 0.5) is 0 Å². The van der Waals surface area contributed by atoms with E-state index in [2.05, 4.69) is 26.2 Å². The average molecular weight is 295 g/mol. The normalized spacial score (nSPS) is 14.2. The van der Waals surface area contributed by atoms with Crippen molar-refractivity contribution in [2.75, 3.05) is 19.6 Å². The number of carbonyl (C=O) groups excluding carboxylic acids is 1. The molecule has 0 unspecified atom stereocenters. The van der Waals surface area contributed by atoms with Gasteiger partial charge in [0.1, 0.15) is 6.33 Å². The van der Waals surface area contributed by atoms with Gasteiger partial charge in [0.25, 0.3) is 5.91 Å². The van der Waals surface area contributed by atoms with Crippen molar-refractivity contribution >= 4 is 18.3 Å². The van der Waals surface area contributed by atoms with Gasteiger partial charge in [-0.05, 0) is 28.6 Å². The summed E-state index contributed by atoms with van der Waals surface area (Å²) >= 11 is 0. The van der Waals surface area contributed by atoms with Gasteiger partial charge >= 0.3 is 0 Å². The second-order valence-corrected chi connectivity index (χ2v) is 4.54. The van der Waals surface area contributed by atoms with Gasteiger partial charge in [0, 0.05) is 31.1 Å². The predicted octanol–water partition coefficient (Wildman–Crippen LogP) is 0.0333. The van der Waals surface area contributed by atoms with Crippen molar-refractivity contribution in [3.05, 3.63) is 36.2 Å². The molecule has 2 N–H and O–H groups in total. The van der Waals surface area contributed by atoms with Gasteiger partial charge in [-0.25, -0.2) is 4.68 Å². The summed E-state index contributed by atoms with van der Waals surface area (Å²) in [6, 6.07) is 7.22. The number of carbonyl (C=O) groups is 1. The highest BCUT2D eigenvalue weighted by Gasteiger charge is 2.17. The quantitative estimate of drug-likeness (QED) is 0.831. The number of tetrazole rings is 1. The Kier molecular flexibility index (Phi) is 4.65. The van der Waals surface area contributed by atoms with Crippen LogP contribution in [-0.4, -0.2) is 45.7 Å². The number of rotatable bonds is 4. The highest BCUT2D eigenvalue weighted by atomic mass is 35.5. The molecule has 3 rings (SSSR count). The first-order chi connectivity index (χ1) is 9.33. The summed E-state index contributed by atoms with van der Waals surface area (Å²) in [6.07, 6.45) is 1.50. The molecule has 20 heavy (non-hydrogen) atoms. The Labute approximate surface area is 122 Å². The van der Waals surface area contributed by atoms with Crippen LogP contribution in [0.2, 0.25) is 0 Å². The van der Waals surface area contributed by atoms with Crippen LogP contribution in [0.25, 0.3) is 5.69 Å². The van der Waals surface area contributed by atoms with Gasteiger partial charge in [-0.15, -0.1) is 17.5 Å². The molecule has 0 spiro atoms. The van der Waals surface area contributed by atoms with Crippen LogP contribution in [-0.2, 0) is 0 Å². The fraction of sp³-hybridized carbons (Fsp3) is 0.333. The largest absolute Gasteiger partial charge is 0.352 e. The fourth-order valence-electron chi connectivity index (χ4n) is 1.90. The van der Waals surface area contributed by atoms with Crippen molar-refractivity contribution in [2.45, 2.75) is 0 Å². The SMILES string of the molecule is Cl.O=C(NCC1CNC1)c1cccc(-n2cnnn2)c1. The van der Waals surface area contributed by atoms with Crippen LogP contribution < -0.4 is 10.6 Å². The smallest absolute Gasteiger partial charge is 0.251 e. The molecule has 1 aliphatic heterocycles. The number of hydrogen-bond donors (Lipinski definition) is 2.